The second kappa shape index (κ2) is 6.16. The Bertz CT molecular complexity index is 284. The summed E-state index contributed by atoms with van der Waals surface area (Å²) < 4.78 is 0. The summed E-state index contributed by atoms with van der Waals surface area (Å²) >= 11 is 1.68. The average molecular weight is 225 g/mol. The van der Waals surface area contributed by atoms with Gasteiger partial charge in [0.15, 0.2) is 0 Å². The molecule has 2 unspecified atom stereocenters. The van der Waals surface area contributed by atoms with E-state index in [-0.39, 0.29) is 12.1 Å². The van der Waals surface area contributed by atoms with Crippen molar-refractivity contribution in [1.29, 1.82) is 0 Å². The second-order valence-electron chi connectivity index (χ2n) is 3.73. The minimum atomic E-state index is -0.205. The van der Waals surface area contributed by atoms with Crippen LogP contribution in [0.25, 0.3) is 0 Å². The molecule has 0 amide bonds. The molecule has 1 rings (SSSR count). The van der Waals surface area contributed by atoms with E-state index in [1.807, 2.05) is 26.0 Å². The van der Waals surface area contributed by atoms with E-state index in [9.17, 15) is 5.11 Å². The molecule has 15 heavy (non-hydrogen) atoms. The van der Waals surface area contributed by atoms with E-state index in [1.54, 1.807) is 11.8 Å². The summed E-state index contributed by atoms with van der Waals surface area (Å²) in [6.45, 7) is 3.97. The van der Waals surface area contributed by atoms with Gasteiger partial charge in [-0.15, -0.1) is 11.8 Å². The fraction of sp³-hybridized carbons (Fsp3) is 0.500. The van der Waals surface area contributed by atoms with Gasteiger partial charge in [0, 0.05) is 16.7 Å². The van der Waals surface area contributed by atoms with Crippen molar-refractivity contribution in [3.8, 4) is 0 Å². The van der Waals surface area contributed by atoms with Crippen LogP contribution in [0.4, 0.5) is 0 Å². The summed E-state index contributed by atoms with van der Waals surface area (Å²) in [5.74, 6) is 0.758. The Balaban J connectivity index is 2.50. The quantitative estimate of drug-likeness (QED) is 0.757. The predicted octanol–water partition coefficient (Wildman–Crippen LogP) is 2.57. The van der Waals surface area contributed by atoms with Crippen LogP contribution in [0.3, 0.4) is 0 Å². The van der Waals surface area contributed by atoms with Crippen LogP contribution in [0.1, 0.15) is 31.9 Å². The first-order valence-corrected chi connectivity index (χ1v) is 6.28. The standard InChI is InChI=1S/C12H19NOS/c1-3-11(14)8-15-12-6-4-10(5-7-12)9(2)13/h4-7,9,11,14H,3,8,13H2,1-2H3. The molecule has 0 aliphatic rings. The number of aliphatic hydroxyl groups is 1. The Labute approximate surface area is 95.9 Å². The third-order valence-electron chi connectivity index (χ3n) is 2.32. The zero-order chi connectivity index (χ0) is 11.3. The Morgan fingerprint density at radius 1 is 1.33 bits per heavy atom. The summed E-state index contributed by atoms with van der Waals surface area (Å²) in [5, 5.41) is 9.42. The maximum atomic E-state index is 9.42. The van der Waals surface area contributed by atoms with Crippen molar-refractivity contribution >= 4 is 11.8 Å². The predicted molar refractivity (Wildman–Crippen MR) is 66.1 cm³/mol. The molecule has 0 bridgehead atoms. The summed E-state index contributed by atoms with van der Waals surface area (Å²) in [6, 6.07) is 8.30. The van der Waals surface area contributed by atoms with Crippen molar-refractivity contribution in [3.63, 3.8) is 0 Å². The van der Waals surface area contributed by atoms with Gasteiger partial charge in [-0.25, -0.2) is 0 Å². The lowest BCUT2D eigenvalue weighted by molar-refractivity contribution is 0.195. The second-order valence-corrected chi connectivity index (χ2v) is 4.82. The van der Waals surface area contributed by atoms with Gasteiger partial charge in [0.2, 0.25) is 0 Å². The van der Waals surface area contributed by atoms with Crippen LogP contribution in [-0.4, -0.2) is 17.0 Å². The summed E-state index contributed by atoms with van der Waals surface area (Å²) in [5.41, 5.74) is 6.91. The van der Waals surface area contributed by atoms with Crippen molar-refractivity contribution in [1.82, 2.24) is 0 Å². The summed E-state index contributed by atoms with van der Waals surface area (Å²) in [6.07, 6.45) is 0.605. The number of hydrogen-bond acceptors (Lipinski definition) is 3. The van der Waals surface area contributed by atoms with E-state index in [0.29, 0.717) is 0 Å². The molecule has 0 radical (unpaired) electrons. The minimum Gasteiger partial charge on any atom is -0.392 e. The largest absolute Gasteiger partial charge is 0.392 e. The van der Waals surface area contributed by atoms with Crippen LogP contribution in [0.2, 0.25) is 0 Å². The van der Waals surface area contributed by atoms with Crippen LogP contribution in [0, 0.1) is 0 Å². The van der Waals surface area contributed by atoms with Gasteiger partial charge in [-0.05, 0) is 31.0 Å². The highest BCUT2D eigenvalue weighted by atomic mass is 32.2. The molecular formula is C12H19NOS. The topological polar surface area (TPSA) is 46.2 Å². The molecule has 0 aliphatic carbocycles. The van der Waals surface area contributed by atoms with Crippen molar-refractivity contribution in [3.05, 3.63) is 29.8 Å². The molecule has 0 spiro atoms. The normalized spacial score (nSPS) is 14.9. The van der Waals surface area contributed by atoms with Crippen LogP contribution in [0.15, 0.2) is 29.2 Å². The molecule has 84 valence electrons. The van der Waals surface area contributed by atoms with E-state index in [0.717, 1.165) is 17.7 Å². The fourth-order valence-electron chi connectivity index (χ4n) is 1.18. The molecule has 3 N–H and O–H groups in total. The lowest BCUT2D eigenvalue weighted by atomic mass is 10.1. The van der Waals surface area contributed by atoms with Gasteiger partial charge in [-0.1, -0.05) is 19.1 Å². The molecule has 0 fully saturated rings. The van der Waals surface area contributed by atoms with Crippen LogP contribution < -0.4 is 5.73 Å². The van der Waals surface area contributed by atoms with Gasteiger partial charge in [0.25, 0.3) is 0 Å². The molecule has 0 saturated heterocycles. The SMILES string of the molecule is CCC(O)CSc1ccc(C(C)N)cc1. The highest BCUT2D eigenvalue weighted by Gasteiger charge is 2.03. The minimum absolute atomic E-state index is 0.0882. The number of benzene rings is 1. The van der Waals surface area contributed by atoms with Gasteiger partial charge < -0.3 is 10.8 Å². The zero-order valence-corrected chi connectivity index (χ0v) is 10.1. The van der Waals surface area contributed by atoms with Gasteiger partial charge >= 0.3 is 0 Å². The molecule has 0 aromatic heterocycles. The molecule has 0 aliphatic heterocycles. The summed E-state index contributed by atoms with van der Waals surface area (Å²) in [7, 11) is 0. The smallest absolute Gasteiger partial charge is 0.0631 e. The molecule has 3 heteroatoms. The monoisotopic (exact) mass is 225 g/mol. The van der Waals surface area contributed by atoms with E-state index in [4.69, 9.17) is 5.73 Å². The lowest BCUT2D eigenvalue weighted by Gasteiger charge is -2.09. The van der Waals surface area contributed by atoms with Gasteiger partial charge in [-0.2, -0.15) is 0 Å². The number of thioether (sulfide) groups is 1. The maximum Gasteiger partial charge on any atom is 0.0631 e. The van der Waals surface area contributed by atoms with Crippen molar-refractivity contribution < 1.29 is 5.11 Å². The van der Waals surface area contributed by atoms with Crippen molar-refractivity contribution in [2.45, 2.75) is 37.3 Å². The third kappa shape index (κ3) is 4.24. The van der Waals surface area contributed by atoms with E-state index < -0.39 is 0 Å². The van der Waals surface area contributed by atoms with E-state index in [1.165, 1.54) is 4.90 Å². The van der Waals surface area contributed by atoms with Crippen LogP contribution >= 0.6 is 11.8 Å². The molecule has 1 aromatic rings. The molecule has 0 saturated carbocycles. The van der Waals surface area contributed by atoms with Gasteiger partial charge in [-0.3, -0.25) is 0 Å². The number of aliphatic hydroxyl groups excluding tert-OH is 1. The van der Waals surface area contributed by atoms with Gasteiger partial charge in [0.05, 0.1) is 6.10 Å². The summed E-state index contributed by atoms with van der Waals surface area (Å²) in [4.78, 5) is 1.19. The van der Waals surface area contributed by atoms with Crippen LogP contribution in [-0.2, 0) is 0 Å². The highest BCUT2D eigenvalue weighted by Crippen LogP contribution is 2.21. The Kier molecular flexibility index (Phi) is 5.15. The van der Waals surface area contributed by atoms with Crippen LogP contribution in [0.5, 0.6) is 0 Å². The fourth-order valence-corrected chi connectivity index (χ4v) is 2.13. The number of hydrogen-bond donors (Lipinski definition) is 2. The number of rotatable bonds is 5. The Morgan fingerprint density at radius 3 is 2.40 bits per heavy atom. The first-order valence-electron chi connectivity index (χ1n) is 5.30. The molecular weight excluding hydrogens is 206 g/mol. The molecule has 1 aromatic carbocycles. The van der Waals surface area contributed by atoms with Crippen molar-refractivity contribution in [2.75, 3.05) is 5.75 Å². The van der Waals surface area contributed by atoms with Gasteiger partial charge in [0.1, 0.15) is 0 Å². The number of nitrogens with two attached hydrogens (primary N) is 1. The lowest BCUT2D eigenvalue weighted by Crippen LogP contribution is -2.07. The van der Waals surface area contributed by atoms with E-state index >= 15 is 0 Å². The Morgan fingerprint density at radius 2 is 1.93 bits per heavy atom. The Hall–Kier alpha value is -0.510. The first-order chi connectivity index (χ1) is 7.13. The highest BCUT2D eigenvalue weighted by molar-refractivity contribution is 7.99. The molecule has 0 heterocycles. The maximum absolute atomic E-state index is 9.42. The van der Waals surface area contributed by atoms with Crippen molar-refractivity contribution in [2.24, 2.45) is 5.73 Å². The molecule has 2 atom stereocenters. The molecule has 2 nitrogen and oxygen atoms in total. The third-order valence-corrected chi connectivity index (χ3v) is 3.48. The van der Waals surface area contributed by atoms with E-state index in [2.05, 4.69) is 12.1 Å². The zero-order valence-electron chi connectivity index (χ0n) is 9.31. The average Bonchev–Trinajstić information content (AvgIpc) is 2.26. The first kappa shape index (κ1) is 12.6.